The van der Waals surface area contributed by atoms with Crippen molar-refractivity contribution < 1.29 is 31.1 Å². The van der Waals surface area contributed by atoms with Gasteiger partial charge in [-0.25, -0.2) is 8.42 Å². The summed E-state index contributed by atoms with van der Waals surface area (Å²) in [5.41, 5.74) is 1.27. The van der Waals surface area contributed by atoms with Crippen LogP contribution in [0, 0.1) is 0 Å². The lowest BCUT2D eigenvalue weighted by molar-refractivity contribution is -0.274. The maximum absolute atomic E-state index is 12.9. The van der Waals surface area contributed by atoms with Crippen molar-refractivity contribution in [1.82, 2.24) is 14.1 Å². The van der Waals surface area contributed by atoms with Crippen LogP contribution >= 0.6 is 0 Å². The topological polar surface area (TPSA) is 70.2 Å². The molecule has 0 unspecified atom stereocenters. The zero-order valence-electron chi connectivity index (χ0n) is 19.1. The summed E-state index contributed by atoms with van der Waals surface area (Å²) in [7, 11) is -3.58. The first-order chi connectivity index (χ1) is 16.0. The van der Waals surface area contributed by atoms with Crippen LogP contribution in [0.2, 0.25) is 0 Å². The minimum absolute atomic E-state index is 0.157. The molecule has 34 heavy (non-hydrogen) atoms. The second-order valence-electron chi connectivity index (χ2n) is 7.87. The van der Waals surface area contributed by atoms with E-state index in [1.165, 1.54) is 40.7 Å². The van der Waals surface area contributed by atoms with Gasteiger partial charge in [-0.05, 0) is 42.0 Å². The molecule has 0 saturated carbocycles. The van der Waals surface area contributed by atoms with Crippen molar-refractivity contribution in [2.75, 3.05) is 39.3 Å². The number of nitrogens with zero attached hydrogens (tertiary/aromatic N) is 3. The SMILES string of the molecule is CCN(CC)S(=O)(=O)c1ccc(C(=O)N2CCN(Cc3ccc(OC(F)(F)F)cc3)CC2)cc1. The molecule has 1 saturated heterocycles. The number of hydrogen-bond acceptors (Lipinski definition) is 5. The Labute approximate surface area is 197 Å². The minimum atomic E-state index is -4.72. The molecule has 1 fully saturated rings. The molecule has 1 aliphatic heterocycles. The molecular weight excluding hydrogens is 471 g/mol. The molecule has 0 radical (unpaired) electrons. The van der Waals surface area contributed by atoms with Crippen LogP contribution in [-0.4, -0.2) is 74.1 Å². The van der Waals surface area contributed by atoms with E-state index in [2.05, 4.69) is 9.64 Å². The van der Waals surface area contributed by atoms with Gasteiger partial charge in [0.05, 0.1) is 4.90 Å². The summed E-state index contributed by atoms with van der Waals surface area (Å²) >= 11 is 0. The Morgan fingerprint density at radius 1 is 0.941 bits per heavy atom. The highest BCUT2D eigenvalue weighted by atomic mass is 32.2. The first kappa shape index (κ1) is 26.0. The monoisotopic (exact) mass is 499 g/mol. The number of halogens is 3. The van der Waals surface area contributed by atoms with Crippen molar-refractivity contribution in [3.63, 3.8) is 0 Å². The third-order valence-corrected chi connectivity index (χ3v) is 7.73. The quantitative estimate of drug-likeness (QED) is 0.556. The van der Waals surface area contributed by atoms with Gasteiger partial charge < -0.3 is 9.64 Å². The zero-order valence-corrected chi connectivity index (χ0v) is 19.9. The van der Waals surface area contributed by atoms with Crippen molar-refractivity contribution in [2.24, 2.45) is 0 Å². The Morgan fingerprint density at radius 3 is 2.00 bits per heavy atom. The molecule has 2 aromatic carbocycles. The molecule has 1 heterocycles. The number of alkyl halides is 3. The van der Waals surface area contributed by atoms with Crippen LogP contribution in [0.4, 0.5) is 13.2 Å². The van der Waals surface area contributed by atoms with Gasteiger partial charge in [0.25, 0.3) is 5.91 Å². The summed E-state index contributed by atoms with van der Waals surface area (Å²) < 4.78 is 67.3. The Balaban J connectivity index is 1.54. The summed E-state index contributed by atoms with van der Waals surface area (Å²) in [5, 5.41) is 0. The Hall–Kier alpha value is -2.63. The van der Waals surface area contributed by atoms with E-state index in [9.17, 15) is 26.4 Å². The molecule has 0 bridgehead atoms. The number of rotatable bonds is 8. The molecule has 0 atom stereocenters. The van der Waals surface area contributed by atoms with E-state index in [-0.39, 0.29) is 16.6 Å². The number of hydrogen-bond donors (Lipinski definition) is 0. The van der Waals surface area contributed by atoms with Crippen molar-refractivity contribution >= 4 is 15.9 Å². The lowest BCUT2D eigenvalue weighted by Crippen LogP contribution is -2.48. The Morgan fingerprint density at radius 2 is 1.50 bits per heavy atom. The average Bonchev–Trinajstić information content (AvgIpc) is 2.80. The molecule has 3 rings (SSSR count). The van der Waals surface area contributed by atoms with Gasteiger partial charge in [0, 0.05) is 51.4 Å². The molecule has 0 aromatic heterocycles. The number of piperazine rings is 1. The third kappa shape index (κ3) is 6.49. The second-order valence-corrected chi connectivity index (χ2v) is 9.81. The van der Waals surface area contributed by atoms with Gasteiger partial charge in [0.15, 0.2) is 0 Å². The number of sulfonamides is 1. The van der Waals surface area contributed by atoms with Crippen LogP contribution in [0.3, 0.4) is 0 Å². The highest BCUT2D eigenvalue weighted by Gasteiger charge is 2.31. The largest absolute Gasteiger partial charge is 0.573 e. The van der Waals surface area contributed by atoms with Crippen LogP contribution < -0.4 is 4.74 Å². The summed E-state index contributed by atoms with van der Waals surface area (Å²) in [5.74, 6) is -0.428. The fourth-order valence-electron chi connectivity index (χ4n) is 3.83. The van der Waals surface area contributed by atoms with Crippen LogP contribution in [0.1, 0.15) is 29.8 Å². The summed E-state index contributed by atoms with van der Waals surface area (Å²) in [4.78, 5) is 16.8. The maximum Gasteiger partial charge on any atom is 0.573 e. The summed E-state index contributed by atoms with van der Waals surface area (Å²) in [6.07, 6.45) is -4.72. The van der Waals surface area contributed by atoms with E-state index in [4.69, 9.17) is 0 Å². The third-order valence-electron chi connectivity index (χ3n) is 5.67. The molecule has 0 aliphatic carbocycles. The first-order valence-corrected chi connectivity index (χ1v) is 12.4. The van der Waals surface area contributed by atoms with E-state index >= 15 is 0 Å². The van der Waals surface area contributed by atoms with Crippen LogP contribution in [0.5, 0.6) is 5.75 Å². The standard InChI is InChI=1S/C23H28F3N3O4S/c1-3-29(4-2)34(31,32)21-11-7-19(8-12-21)22(30)28-15-13-27(14-16-28)17-18-5-9-20(10-6-18)33-23(24,25)26/h5-12H,3-4,13-17H2,1-2H3. The van der Waals surface area contributed by atoms with E-state index in [1.54, 1.807) is 30.9 Å². The fourth-order valence-corrected chi connectivity index (χ4v) is 5.29. The Bertz CT molecular complexity index is 1060. The van der Waals surface area contributed by atoms with Gasteiger partial charge in [0.1, 0.15) is 5.75 Å². The molecule has 2 aromatic rings. The minimum Gasteiger partial charge on any atom is -0.406 e. The van der Waals surface area contributed by atoms with Crippen LogP contribution in [0.15, 0.2) is 53.4 Å². The van der Waals surface area contributed by atoms with Gasteiger partial charge >= 0.3 is 6.36 Å². The normalized spacial score (nSPS) is 15.5. The lowest BCUT2D eigenvalue weighted by atomic mass is 10.1. The predicted octanol–water partition coefficient (Wildman–Crippen LogP) is 3.57. The number of carbonyl (C=O) groups is 1. The predicted molar refractivity (Wildman–Crippen MR) is 121 cm³/mol. The molecule has 7 nitrogen and oxygen atoms in total. The van der Waals surface area contributed by atoms with Gasteiger partial charge in [-0.15, -0.1) is 13.2 Å². The van der Waals surface area contributed by atoms with Crippen LogP contribution in [0.25, 0.3) is 0 Å². The molecule has 0 N–H and O–H groups in total. The molecule has 1 amide bonds. The van der Waals surface area contributed by atoms with E-state index in [0.717, 1.165) is 5.56 Å². The smallest absolute Gasteiger partial charge is 0.406 e. The highest BCUT2D eigenvalue weighted by molar-refractivity contribution is 7.89. The average molecular weight is 500 g/mol. The zero-order chi connectivity index (χ0) is 24.9. The fraction of sp³-hybridized carbons (Fsp3) is 0.435. The molecule has 1 aliphatic rings. The van der Waals surface area contributed by atoms with Crippen LogP contribution in [-0.2, 0) is 16.6 Å². The van der Waals surface area contributed by atoms with Crippen molar-refractivity contribution in [1.29, 1.82) is 0 Å². The first-order valence-electron chi connectivity index (χ1n) is 11.0. The van der Waals surface area contributed by atoms with Gasteiger partial charge in [-0.2, -0.15) is 4.31 Å². The van der Waals surface area contributed by atoms with E-state index in [1.807, 2.05) is 0 Å². The van der Waals surface area contributed by atoms with Gasteiger partial charge in [-0.1, -0.05) is 26.0 Å². The molecule has 186 valence electrons. The summed E-state index contributed by atoms with van der Waals surface area (Å²) in [6, 6.07) is 11.7. The second kappa shape index (κ2) is 10.7. The van der Waals surface area contributed by atoms with Gasteiger partial charge in [-0.3, -0.25) is 9.69 Å². The van der Waals surface area contributed by atoms with Crippen molar-refractivity contribution in [2.45, 2.75) is 31.7 Å². The molecule has 0 spiro atoms. The highest BCUT2D eigenvalue weighted by Crippen LogP contribution is 2.23. The number of benzene rings is 2. The maximum atomic E-state index is 12.9. The lowest BCUT2D eigenvalue weighted by Gasteiger charge is -2.34. The van der Waals surface area contributed by atoms with E-state index < -0.39 is 16.4 Å². The molecule has 11 heteroatoms. The number of carbonyl (C=O) groups excluding carboxylic acids is 1. The summed E-state index contributed by atoms with van der Waals surface area (Å²) in [6.45, 7) is 7.05. The van der Waals surface area contributed by atoms with Gasteiger partial charge in [0.2, 0.25) is 10.0 Å². The van der Waals surface area contributed by atoms with Crippen molar-refractivity contribution in [3.05, 3.63) is 59.7 Å². The number of amides is 1. The van der Waals surface area contributed by atoms with Crippen molar-refractivity contribution in [3.8, 4) is 5.75 Å². The molecular formula is C23H28F3N3O4S. The Kier molecular flexibility index (Phi) is 8.21. The van der Waals surface area contributed by atoms with E-state index in [0.29, 0.717) is 51.4 Å². The number of ether oxygens (including phenoxy) is 1.